The van der Waals surface area contributed by atoms with E-state index in [1.54, 1.807) is 12.4 Å². The van der Waals surface area contributed by atoms with E-state index in [2.05, 4.69) is 9.97 Å². The van der Waals surface area contributed by atoms with Gasteiger partial charge in [-0.25, -0.2) is 9.97 Å². The van der Waals surface area contributed by atoms with Crippen LogP contribution < -0.4 is 4.90 Å². The van der Waals surface area contributed by atoms with E-state index in [1.165, 1.54) is 0 Å². The highest BCUT2D eigenvalue weighted by atomic mass is 35.5. The van der Waals surface area contributed by atoms with E-state index in [9.17, 15) is 0 Å². The Morgan fingerprint density at radius 1 is 1.39 bits per heavy atom. The van der Waals surface area contributed by atoms with Crippen molar-refractivity contribution >= 4 is 29.0 Å². The van der Waals surface area contributed by atoms with Crippen LogP contribution in [0.1, 0.15) is 11.4 Å². The number of nitrogens with zero attached hydrogens (tertiary/aromatic N) is 4. The van der Waals surface area contributed by atoms with Gasteiger partial charge in [0.2, 0.25) is 0 Å². The van der Waals surface area contributed by atoms with Crippen molar-refractivity contribution in [1.82, 2.24) is 14.5 Å². The minimum Gasteiger partial charge on any atom is -0.352 e. The maximum absolute atomic E-state index is 5.99. The second kappa shape index (κ2) is 5.59. The Morgan fingerprint density at radius 3 is 2.78 bits per heavy atom. The van der Waals surface area contributed by atoms with Gasteiger partial charge in [0.05, 0.1) is 11.6 Å². The molecule has 0 amide bonds. The lowest BCUT2D eigenvalue weighted by atomic mass is 10.3. The predicted octanol–water partition coefficient (Wildman–Crippen LogP) is 2.84. The van der Waals surface area contributed by atoms with Gasteiger partial charge in [0, 0.05) is 38.6 Å². The number of alkyl halides is 1. The summed E-state index contributed by atoms with van der Waals surface area (Å²) in [6.45, 7) is 0.680. The van der Waals surface area contributed by atoms with E-state index >= 15 is 0 Å². The number of anilines is 1. The molecule has 6 heteroatoms. The minimum atomic E-state index is 0.380. The molecule has 2 aromatic rings. The predicted molar refractivity (Wildman–Crippen MR) is 74.1 cm³/mol. The molecular weight excluding hydrogens is 271 g/mol. The Balaban J connectivity index is 2.18. The fraction of sp³-hybridized carbons (Fsp3) is 0.333. The average molecular weight is 285 g/mol. The molecule has 0 unspecified atom stereocenters. The zero-order valence-corrected chi connectivity index (χ0v) is 11.8. The maximum Gasteiger partial charge on any atom is 0.129 e. The third-order valence-electron chi connectivity index (χ3n) is 2.75. The van der Waals surface area contributed by atoms with Crippen LogP contribution in [0.5, 0.6) is 0 Å². The van der Waals surface area contributed by atoms with Crippen molar-refractivity contribution < 1.29 is 0 Å². The number of halogens is 2. The van der Waals surface area contributed by atoms with Crippen molar-refractivity contribution in [2.24, 2.45) is 7.05 Å². The van der Waals surface area contributed by atoms with Crippen LogP contribution in [0, 0.1) is 0 Å². The van der Waals surface area contributed by atoms with Crippen molar-refractivity contribution in [3.63, 3.8) is 0 Å². The number of imidazole rings is 1. The van der Waals surface area contributed by atoms with Crippen LogP contribution in [0.4, 0.5) is 5.82 Å². The lowest BCUT2D eigenvalue weighted by molar-refractivity contribution is 0.755. The molecule has 0 aliphatic heterocycles. The summed E-state index contributed by atoms with van der Waals surface area (Å²) in [6, 6.07) is 1.90. The van der Waals surface area contributed by atoms with Gasteiger partial charge in [0.1, 0.15) is 11.6 Å². The van der Waals surface area contributed by atoms with Gasteiger partial charge < -0.3 is 9.47 Å². The Hall–Kier alpha value is -1.26. The monoisotopic (exact) mass is 284 g/mol. The summed E-state index contributed by atoms with van der Waals surface area (Å²) in [7, 11) is 3.93. The van der Waals surface area contributed by atoms with Crippen LogP contribution in [0.2, 0.25) is 5.02 Å². The third-order valence-corrected chi connectivity index (χ3v) is 3.38. The van der Waals surface area contributed by atoms with E-state index < -0.39 is 0 Å². The molecule has 0 fully saturated rings. The smallest absolute Gasteiger partial charge is 0.129 e. The summed E-state index contributed by atoms with van der Waals surface area (Å²) in [5.41, 5.74) is 0.884. The Morgan fingerprint density at radius 2 is 2.17 bits per heavy atom. The molecule has 0 bridgehead atoms. The van der Waals surface area contributed by atoms with Crippen molar-refractivity contribution in [3.8, 4) is 0 Å². The molecule has 0 aliphatic rings. The minimum absolute atomic E-state index is 0.380. The fourth-order valence-electron chi connectivity index (χ4n) is 1.62. The zero-order valence-electron chi connectivity index (χ0n) is 10.3. The molecule has 2 heterocycles. The molecule has 0 aromatic carbocycles. The Kier molecular flexibility index (Phi) is 4.09. The molecule has 2 aromatic heterocycles. The summed E-state index contributed by atoms with van der Waals surface area (Å²) >= 11 is 11.8. The largest absolute Gasteiger partial charge is 0.352 e. The molecule has 0 aliphatic carbocycles. The molecule has 0 spiro atoms. The van der Waals surface area contributed by atoms with Gasteiger partial charge in [-0.05, 0) is 11.6 Å². The van der Waals surface area contributed by atoms with Gasteiger partial charge in [-0.15, -0.1) is 11.6 Å². The molecule has 0 radical (unpaired) electrons. The van der Waals surface area contributed by atoms with Gasteiger partial charge in [-0.2, -0.15) is 0 Å². The molecule has 0 saturated heterocycles. The SMILES string of the molecule is CN(Cc1nccn1C)c1cc(CCl)c(Cl)cn1. The number of hydrogen-bond donors (Lipinski definition) is 0. The maximum atomic E-state index is 5.99. The second-order valence-corrected chi connectivity index (χ2v) is 4.75. The van der Waals surface area contributed by atoms with Crippen molar-refractivity contribution in [1.29, 1.82) is 0 Å². The Labute approximate surface area is 116 Å². The summed E-state index contributed by atoms with van der Waals surface area (Å²) in [5.74, 6) is 2.18. The molecule has 4 nitrogen and oxygen atoms in total. The molecule has 0 saturated carbocycles. The topological polar surface area (TPSA) is 34.0 Å². The number of aryl methyl sites for hydroxylation is 1. The number of aromatic nitrogens is 3. The van der Waals surface area contributed by atoms with Crippen LogP contribution in [-0.2, 0) is 19.5 Å². The molecule has 0 atom stereocenters. The molecule has 2 rings (SSSR count). The molecule has 0 N–H and O–H groups in total. The molecular formula is C12H14Cl2N4. The van der Waals surface area contributed by atoms with Crippen LogP contribution >= 0.6 is 23.2 Å². The van der Waals surface area contributed by atoms with Crippen molar-refractivity contribution in [2.75, 3.05) is 11.9 Å². The average Bonchev–Trinajstić information content (AvgIpc) is 2.75. The van der Waals surface area contributed by atoms with Gasteiger partial charge in [-0.1, -0.05) is 11.6 Å². The highest BCUT2D eigenvalue weighted by Gasteiger charge is 2.09. The zero-order chi connectivity index (χ0) is 13.1. The van der Waals surface area contributed by atoms with Gasteiger partial charge in [0.15, 0.2) is 0 Å². The fourth-order valence-corrected chi connectivity index (χ4v) is 2.08. The first-order valence-corrected chi connectivity index (χ1v) is 6.40. The standard InChI is InChI=1S/C12H14Cl2N4/c1-17-4-3-15-12(17)8-18(2)11-5-9(6-13)10(14)7-16-11/h3-5,7H,6,8H2,1-2H3. The van der Waals surface area contributed by atoms with Gasteiger partial charge >= 0.3 is 0 Å². The van der Waals surface area contributed by atoms with Crippen LogP contribution in [0.3, 0.4) is 0 Å². The number of hydrogen-bond acceptors (Lipinski definition) is 3. The first-order valence-electron chi connectivity index (χ1n) is 5.49. The number of rotatable bonds is 4. The molecule has 18 heavy (non-hydrogen) atoms. The van der Waals surface area contributed by atoms with Gasteiger partial charge in [0.25, 0.3) is 0 Å². The van der Waals surface area contributed by atoms with Crippen LogP contribution in [-0.4, -0.2) is 21.6 Å². The molecule has 96 valence electrons. The highest BCUT2D eigenvalue weighted by Crippen LogP contribution is 2.22. The van der Waals surface area contributed by atoms with E-state index in [0.717, 1.165) is 17.2 Å². The van der Waals surface area contributed by atoms with E-state index in [1.807, 2.05) is 35.8 Å². The van der Waals surface area contributed by atoms with E-state index in [0.29, 0.717) is 17.4 Å². The summed E-state index contributed by atoms with van der Waals surface area (Å²) in [4.78, 5) is 10.6. The van der Waals surface area contributed by atoms with Crippen LogP contribution in [0.15, 0.2) is 24.7 Å². The third kappa shape index (κ3) is 2.76. The van der Waals surface area contributed by atoms with Crippen molar-refractivity contribution in [2.45, 2.75) is 12.4 Å². The van der Waals surface area contributed by atoms with Gasteiger partial charge in [-0.3, -0.25) is 0 Å². The first-order chi connectivity index (χ1) is 8.61. The van der Waals surface area contributed by atoms with Crippen LogP contribution in [0.25, 0.3) is 0 Å². The number of pyridine rings is 1. The summed E-state index contributed by atoms with van der Waals surface area (Å²) in [6.07, 6.45) is 5.33. The summed E-state index contributed by atoms with van der Waals surface area (Å²) < 4.78 is 1.98. The second-order valence-electron chi connectivity index (χ2n) is 4.08. The summed E-state index contributed by atoms with van der Waals surface area (Å²) in [5, 5.41) is 0.596. The Bertz CT molecular complexity index is 539. The van der Waals surface area contributed by atoms with E-state index in [4.69, 9.17) is 23.2 Å². The van der Waals surface area contributed by atoms with Crippen molar-refractivity contribution in [3.05, 3.63) is 41.1 Å². The first kappa shape index (κ1) is 13.2. The lowest BCUT2D eigenvalue weighted by Crippen LogP contribution is -2.20. The van der Waals surface area contributed by atoms with E-state index in [-0.39, 0.29) is 0 Å². The highest BCUT2D eigenvalue weighted by molar-refractivity contribution is 6.32. The lowest BCUT2D eigenvalue weighted by Gasteiger charge is -2.18. The normalized spacial score (nSPS) is 10.7. The quantitative estimate of drug-likeness (QED) is 0.810.